The molecular formula is C11H18O3S. The summed E-state index contributed by atoms with van der Waals surface area (Å²) in [6, 6.07) is 0. The van der Waals surface area contributed by atoms with Crippen molar-refractivity contribution in [1.29, 1.82) is 0 Å². The average Bonchev–Trinajstić information content (AvgIpc) is 2.39. The van der Waals surface area contributed by atoms with Crippen LogP contribution in [-0.2, 0) is 9.84 Å². The molecule has 15 heavy (non-hydrogen) atoms. The fourth-order valence-corrected chi connectivity index (χ4v) is 3.37. The van der Waals surface area contributed by atoms with Gasteiger partial charge < -0.3 is 5.11 Å². The minimum Gasteiger partial charge on any atom is -0.391 e. The molecule has 0 aliphatic carbocycles. The Bertz CT molecular complexity index is 348. The largest absolute Gasteiger partial charge is 0.391 e. The van der Waals surface area contributed by atoms with Crippen LogP contribution in [0.5, 0.6) is 0 Å². The summed E-state index contributed by atoms with van der Waals surface area (Å²) in [5.41, 5.74) is 0. The van der Waals surface area contributed by atoms with Gasteiger partial charge in [-0.1, -0.05) is 25.7 Å². The molecule has 0 aromatic rings. The second kappa shape index (κ2) is 5.53. The highest BCUT2D eigenvalue weighted by atomic mass is 32.2. The predicted molar refractivity (Wildman–Crippen MR) is 60.1 cm³/mol. The highest BCUT2D eigenvalue weighted by molar-refractivity contribution is 7.91. The molecule has 3 nitrogen and oxygen atoms in total. The Labute approximate surface area is 91.8 Å². The summed E-state index contributed by atoms with van der Waals surface area (Å²) in [5.74, 6) is 5.36. The van der Waals surface area contributed by atoms with Crippen LogP contribution in [0.2, 0.25) is 0 Å². The SMILES string of the molecule is CCCCCC#C[C@@H]1CS(=O)(=O)C[C@H]1O. The van der Waals surface area contributed by atoms with Gasteiger partial charge in [-0.05, 0) is 6.42 Å². The summed E-state index contributed by atoms with van der Waals surface area (Å²) in [4.78, 5) is 0. The van der Waals surface area contributed by atoms with E-state index in [2.05, 4.69) is 18.8 Å². The molecule has 0 spiro atoms. The number of aliphatic hydroxyl groups excluding tert-OH is 1. The summed E-state index contributed by atoms with van der Waals surface area (Å²) in [5, 5.41) is 9.45. The van der Waals surface area contributed by atoms with Gasteiger partial charge in [0, 0.05) is 6.42 Å². The highest BCUT2D eigenvalue weighted by Gasteiger charge is 2.35. The lowest BCUT2D eigenvalue weighted by Crippen LogP contribution is -2.15. The third-order valence-corrected chi connectivity index (χ3v) is 4.23. The van der Waals surface area contributed by atoms with E-state index in [4.69, 9.17) is 0 Å². The van der Waals surface area contributed by atoms with Gasteiger partial charge in [0.05, 0.1) is 23.5 Å². The molecule has 4 heteroatoms. The summed E-state index contributed by atoms with van der Waals surface area (Å²) in [6.07, 6.45) is 3.38. The van der Waals surface area contributed by atoms with Crippen LogP contribution in [-0.4, -0.2) is 31.1 Å². The lowest BCUT2D eigenvalue weighted by atomic mass is 10.1. The van der Waals surface area contributed by atoms with E-state index in [0.29, 0.717) is 0 Å². The molecule has 0 aromatic carbocycles. The fraction of sp³-hybridized carbons (Fsp3) is 0.818. The van der Waals surface area contributed by atoms with Crippen molar-refractivity contribution in [3.8, 4) is 11.8 Å². The number of hydrogen-bond donors (Lipinski definition) is 1. The van der Waals surface area contributed by atoms with Crippen molar-refractivity contribution in [1.82, 2.24) is 0 Å². The van der Waals surface area contributed by atoms with E-state index < -0.39 is 15.9 Å². The zero-order valence-electron chi connectivity index (χ0n) is 9.07. The first-order valence-electron chi connectivity index (χ1n) is 5.42. The van der Waals surface area contributed by atoms with E-state index in [1.807, 2.05) is 0 Å². The van der Waals surface area contributed by atoms with Crippen LogP contribution in [0.25, 0.3) is 0 Å². The first kappa shape index (κ1) is 12.5. The maximum atomic E-state index is 11.2. The zero-order chi connectivity index (χ0) is 11.3. The zero-order valence-corrected chi connectivity index (χ0v) is 9.89. The molecule has 1 aliphatic rings. The van der Waals surface area contributed by atoms with Crippen molar-refractivity contribution in [3.05, 3.63) is 0 Å². The van der Waals surface area contributed by atoms with Gasteiger partial charge in [-0.3, -0.25) is 0 Å². The monoisotopic (exact) mass is 230 g/mol. The van der Waals surface area contributed by atoms with Crippen LogP contribution in [0, 0.1) is 17.8 Å². The van der Waals surface area contributed by atoms with Gasteiger partial charge in [-0.15, -0.1) is 5.92 Å². The molecule has 1 fully saturated rings. The molecule has 1 aliphatic heterocycles. The Balaban J connectivity index is 2.39. The van der Waals surface area contributed by atoms with Crippen molar-refractivity contribution in [3.63, 3.8) is 0 Å². The lowest BCUT2D eigenvalue weighted by Gasteiger charge is -2.02. The minimum atomic E-state index is -3.04. The molecule has 1 rings (SSSR count). The Kier molecular flexibility index (Phi) is 4.62. The minimum absolute atomic E-state index is 0.0228. The predicted octanol–water partition coefficient (Wildman–Crippen LogP) is 0.976. The number of aliphatic hydroxyl groups is 1. The second-order valence-corrected chi connectivity index (χ2v) is 6.18. The van der Waals surface area contributed by atoms with Crippen molar-refractivity contribution in [2.75, 3.05) is 11.5 Å². The van der Waals surface area contributed by atoms with Gasteiger partial charge in [-0.25, -0.2) is 8.42 Å². The molecule has 0 saturated carbocycles. The van der Waals surface area contributed by atoms with Gasteiger partial charge in [-0.2, -0.15) is 0 Å². The molecule has 1 heterocycles. The van der Waals surface area contributed by atoms with Crippen LogP contribution in [0.1, 0.15) is 32.6 Å². The summed E-state index contributed by atoms with van der Waals surface area (Å²) in [6.45, 7) is 2.13. The van der Waals surface area contributed by atoms with Gasteiger partial charge in [0.15, 0.2) is 9.84 Å². The first-order chi connectivity index (χ1) is 7.05. The van der Waals surface area contributed by atoms with Crippen molar-refractivity contribution >= 4 is 9.84 Å². The Morgan fingerprint density at radius 2 is 2.07 bits per heavy atom. The molecular weight excluding hydrogens is 212 g/mol. The molecule has 1 N–H and O–H groups in total. The van der Waals surface area contributed by atoms with Crippen LogP contribution in [0.4, 0.5) is 0 Å². The third kappa shape index (κ3) is 4.23. The quantitative estimate of drug-likeness (QED) is 0.581. The molecule has 1 saturated heterocycles. The van der Waals surface area contributed by atoms with Gasteiger partial charge >= 0.3 is 0 Å². The normalized spacial score (nSPS) is 28.4. The molecule has 0 unspecified atom stereocenters. The van der Waals surface area contributed by atoms with E-state index in [-0.39, 0.29) is 17.4 Å². The summed E-state index contributed by atoms with van der Waals surface area (Å²) >= 11 is 0. The molecule has 0 amide bonds. The number of hydrogen-bond acceptors (Lipinski definition) is 3. The Morgan fingerprint density at radius 3 is 2.60 bits per heavy atom. The smallest absolute Gasteiger partial charge is 0.154 e. The lowest BCUT2D eigenvalue weighted by molar-refractivity contribution is 0.174. The van der Waals surface area contributed by atoms with Gasteiger partial charge in [0.2, 0.25) is 0 Å². The number of sulfone groups is 1. The molecule has 86 valence electrons. The van der Waals surface area contributed by atoms with Crippen LogP contribution < -0.4 is 0 Å². The fourth-order valence-electron chi connectivity index (χ4n) is 1.63. The van der Waals surface area contributed by atoms with Gasteiger partial charge in [0.25, 0.3) is 0 Å². The standard InChI is InChI=1S/C11H18O3S/c1-2-3-4-5-6-7-10-8-15(13,14)9-11(10)12/h10-12H,2-5,8-9H2,1H3/t10-,11-/m1/s1. The van der Waals surface area contributed by atoms with Crippen molar-refractivity contribution in [2.24, 2.45) is 5.92 Å². The van der Waals surface area contributed by atoms with E-state index in [9.17, 15) is 13.5 Å². The Hall–Kier alpha value is -0.530. The van der Waals surface area contributed by atoms with Crippen LogP contribution in [0.3, 0.4) is 0 Å². The average molecular weight is 230 g/mol. The van der Waals surface area contributed by atoms with E-state index >= 15 is 0 Å². The first-order valence-corrected chi connectivity index (χ1v) is 7.24. The molecule has 0 bridgehead atoms. The maximum Gasteiger partial charge on any atom is 0.154 e. The van der Waals surface area contributed by atoms with Crippen molar-refractivity contribution < 1.29 is 13.5 Å². The Morgan fingerprint density at radius 1 is 1.33 bits per heavy atom. The molecule has 2 atom stereocenters. The number of rotatable bonds is 3. The second-order valence-electron chi connectivity index (χ2n) is 4.03. The van der Waals surface area contributed by atoms with Crippen LogP contribution >= 0.6 is 0 Å². The summed E-state index contributed by atoms with van der Waals surface area (Å²) < 4.78 is 22.3. The third-order valence-electron chi connectivity index (χ3n) is 2.52. The number of unbranched alkanes of at least 4 members (excludes halogenated alkanes) is 3. The summed E-state index contributed by atoms with van der Waals surface area (Å²) in [7, 11) is -3.04. The topological polar surface area (TPSA) is 54.4 Å². The van der Waals surface area contributed by atoms with E-state index in [1.54, 1.807) is 0 Å². The maximum absolute atomic E-state index is 11.2. The van der Waals surface area contributed by atoms with E-state index in [0.717, 1.165) is 25.7 Å². The van der Waals surface area contributed by atoms with Crippen molar-refractivity contribution in [2.45, 2.75) is 38.7 Å². The molecule has 0 aromatic heterocycles. The van der Waals surface area contributed by atoms with Gasteiger partial charge in [0.1, 0.15) is 0 Å². The van der Waals surface area contributed by atoms with Crippen LogP contribution in [0.15, 0.2) is 0 Å². The highest BCUT2D eigenvalue weighted by Crippen LogP contribution is 2.18. The molecule has 0 radical (unpaired) electrons. The van der Waals surface area contributed by atoms with E-state index in [1.165, 1.54) is 0 Å².